The molecule has 2 heteroatoms. The lowest BCUT2D eigenvalue weighted by atomic mass is 10.1. The second kappa shape index (κ2) is 3.36. The first-order valence-electron chi connectivity index (χ1n) is 6.70. The third-order valence-electron chi connectivity index (χ3n) is 4.34. The minimum Gasteiger partial charge on any atom is -0.339 e. The number of nitrogens with one attached hydrogen (secondary N) is 1. The molecule has 0 bridgehead atoms. The predicted molar refractivity (Wildman–Crippen MR) is 70.4 cm³/mol. The monoisotopic (exact) mass is 226 g/mol. The van der Waals surface area contributed by atoms with Crippen LogP contribution in [0.2, 0.25) is 0 Å². The maximum absolute atomic E-state index is 3.50. The Morgan fingerprint density at radius 2 is 2.24 bits per heavy atom. The number of nitrogens with zero attached hydrogens (tertiary/aromatic N) is 1. The summed E-state index contributed by atoms with van der Waals surface area (Å²) in [6.07, 6.45) is 3.89. The van der Waals surface area contributed by atoms with Crippen molar-refractivity contribution in [2.75, 3.05) is 6.54 Å². The fourth-order valence-corrected chi connectivity index (χ4v) is 3.60. The van der Waals surface area contributed by atoms with Crippen molar-refractivity contribution in [1.82, 2.24) is 9.88 Å². The van der Waals surface area contributed by atoms with E-state index in [0.717, 1.165) is 13.1 Å². The molecule has 2 aromatic rings. The minimum atomic E-state index is 0.586. The summed E-state index contributed by atoms with van der Waals surface area (Å²) in [5.74, 6) is 0. The van der Waals surface area contributed by atoms with Gasteiger partial charge >= 0.3 is 0 Å². The summed E-state index contributed by atoms with van der Waals surface area (Å²) in [7, 11) is 0. The SMILES string of the molecule is C[C@@H]1CNCc2cc3ccc4c(c3n21)CCC4. The van der Waals surface area contributed by atoms with E-state index in [4.69, 9.17) is 0 Å². The number of rotatable bonds is 0. The summed E-state index contributed by atoms with van der Waals surface area (Å²) in [4.78, 5) is 0. The van der Waals surface area contributed by atoms with Crippen molar-refractivity contribution in [2.45, 2.75) is 38.8 Å². The normalized spacial score (nSPS) is 22.8. The summed E-state index contributed by atoms with van der Waals surface area (Å²) in [5.41, 5.74) is 6.20. The van der Waals surface area contributed by atoms with E-state index in [1.54, 1.807) is 11.1 Å². The van der Waals surface area contributed by atoms with Crippen molar-refractivity contribution in [3.63, 3.8) is 0 Å². The molecule has 2 heterocycles. The first kappa shape index (κ1) is 9.72. The lowest BCUT2D eigenvalue weighted by Crippen LogP contribution is -2.31. The van der Waals surface area contributed by atoms with Gasteiger partial charge in [0.25, 0.3) is 0 Å². The maximum atomic E-state index is 3.50. The van der Waals surface area contributed by atoms with Crippen molar-refractivity contribution >= 4 is 10.9 Å². The Kier molecular flexibility index (Phi) is 1.92. The van der Waals surface area contributed by atoms with Crippen LogP contribution in [0.4, 0.5) is 0 Å². The largest absolute Gasteiger partial charge is 0.339 e. The smallest absolute Gasteiger partial charge is 0.0521 e. The third-order valence-corrected chi connectivity index (χ3v) is 4.34. The molecule has 0 radical (unpaired) electrons. The van der Waals surface area contributed by atoms with Crippen molar-refractivity contribution in [2.24, 2.45) is 0 Å². The Labute approximate surface area is 102 Å². The van der Waals surface area contributed by atoms with Crippen LogP contribution in [0.3, 0.4) is 0 Å². The van der Waals surface area contributed by atoms with E-state index in [0.29, 0.717) is 6.04 Å². The molecular formula is C15H18N2. The van der Waals surface area contributed by atoms with Gasteiger partial charge < -0.3 is 9.88 Å². The van der Waals surface area contributed by atoms with E-state index in [1.807, 2.05) is 0 Å². The van der Waals surface area contributed by atoms with Crippen molar-refractivity contribution in [1.29, 1.82) is 0 Å². The van der Waals surface area contributed by atoms with E-state index >= 15 is 0 Å². The predicted octanol–water partition coefficient (Wildman–Crippen LogP) is 2.79. The maximum Gasteiger partial charge on any atom is 0.0521 e. The Hall–Kier alpha value is -1.28. The Bertz CT molecular complexity index is 594. The van der Waals surface area contributed by atoms with Gasteiger partial charge in [-0.25, -0.2) is 0 Å². The molecule has 2 aliphatic rings. The van der Waals surface area contributed by atoms with Crippen LogP contribution in [0.1, 0.15) is 36.2 Å². The summed E-state index contributed by atoms with van der Waals surface area (Å²) in [6.45, 7) is 4.44. The van der Waals surface area contributed by atoms with Gasteiger partial charge in [0.2, 0.25) is 0 Å². The Balaban J connectivity index is 2.09. The van der Waals surface area contributed by atoms with Gasteiger partial charge in [0, 0.05) is 30.2 Å². The summed E-state index contributed by atoms with van der Waals surface area (Å²) in [5, 5.41) is 4.94. The highest BCUT2D eigenvalue weighted by Gasteiger charge is 2.23. The van der Waals surface area contributed by atoms with Crippen LogP contribution in [0.15, 0.2) is 18.2 Å². The number of aryl methyl sites for hydroxylation is 2. The fourth-order valence-electron chi connectivity index (χ4n) is 3.60. The zero-order chi connectivity index (χ0) is 11.4. The quantitative estimate of drug-likeness (QED) is 0.731. The van der Waals surface area contributed by atoms with E-state index in [1.165, 1.54) is 35.9 Å². The van der Waals surface area contributed by atoms with Gasteiger partial charge in [0.15, 0.2) is 0 Å². The second-order valence-corrected chi connectivity index (χ2v) is 5.48. The molecule has 88 valence electrons. The number of aromatic nitrogens is 1. The number of benzene rings is 1. The molecular weight excluding hydrogens is 208 g/mol. The van der Waals surface area contributed by atoms with Crippen LogP contribution in [0.5, 0.6) is 0 Å². The molecule has 17 heavy (non-hydrogen) atoms. The van der Waals surface area contributed by atoms with E-state index in [2.05, 4.69) is 35.0 Å². The number of hydrogen-bond acceptors (Lipinski definition) is 1. The lowest BCUT2D eigenvalue weighted by Gasteiger charge is -2.25. The van der Waals surface area contributed by atoms with Gasteiger partial charge in [-0.15, -0.1) is 0 Å². The average molecular weight is 226 g/mol. The molecule has 1 aliphatic carbocycles. The van der Waals surface area contributed by atoms with Crippen LogP contribution in [-0.4, -0.2) is 11.1 Å². The first-order chi connectivity index (χ1) is 8.34. The molecule has 1 aromatic carbocycles. The topological polar surface area (TPSA) is 17.0 Å². The molecule has 1 aliphatic heterocycles. The molecule has 0 saturated carbocycles. The van der Waals surface area contributed by atoms with Gasteiger partial charge in [0.05, 0.1) is 5.52 Å². The molecule has 0 saturated heterocycles. The van der Waals surface area contributed by atoms with Gasteiger partial charge in [-0.05, 0) is 43.4 Å². The van der Waals surface area contributed by atoms with Crippen LogP contribution < -0.4 is 5.32 Å². The molecule has 2 nitrogen and oxygen atoms in total. The van der Waals surface area contributed by atoms with Crippen molar-refractivity contribution in [3.05, 3.63) is 35.0 Å². The van der Waals surface area contributed by atoms with Gasteiger partial charge in [-0.1, -0.05) is 12.1 Å². The molecule has 1 N–H and O–H groups in total. The van der Waals surface area contributed by atoms with Crippen LogP contribution in [0, 0.1) is 0 Å². The molecule has 0 spiro atoms. The molecule has 1 aromatic heterocycles. The zero-order valence-corrected chi connectivity index (χ0v) is 10.3. The standard InChI is InChI=1S/C15H18N2/c1-10-8-16-9-13-7-12-6-5-11-3-2-4-14(11)15(12)17(10)13/h5-7,10,16H,2-4,8-9H2,1H3/t10-/m1/s1. The molecule has 4 rings (SSSR count). The molecule has 0 unspecified atom stereocenters. The highest BCUT2D eigenvalue weighted by molar-refractivity contribution is 5.86. The highest BCUT2D eigenvalue weighted by atomic mass is 15.1. The van der Waals surface area contributed by atoms with Crippen molar-refractivity contribution < 1.29 is 0 Å². The minimum absolute atomic E-state index is 0.586. The van der Waals surface area contributed by atoms with E-state index in [-0.39, 0.29) is 0 Å². The van der Waals surface area contributed by atoms with Crippen LogP contribution >= 0.6 is 0 Å². The summed E-state index contributed by atoms with van der Waals surface area (Å²) >= 11 is 0. The van der Waals surface area contributed by atoms with E-state index < -0.39 is 0 Å². The first-order valence-corrected chi connectivity index (χ1v) is 6.70. The van der Waals surface area contributed by atoms with Crippen molar-refractivity contribution in [3.8, 4) is 0 Å². The summed E-state index contributed by atoms with van der Waals surface area (Å²) < 4.78 is 2.58. The third kappa shape index (κ3) is 1.25. The van der Waals surface area contributed by atoms with Crippen LogP contribution in [0.25, 0.3) is 10.9 Å². The lowest BCUT2D eigenvalue weighted by molar-refractivity contribution is 0.439. The Morgan fingerprint density at radius 1 is 1.29 bits per heavy atom. The highest BCUT2D eigenvalue weighted by Crippen LogP contribution is 2.34. The number of hydrogen-bond donors (Lipinski definition) is 1. The van der Waals surface area contributed by atoms with Gasteiger partial charge in [-0.2, -0.15) is 0 Å². The van der Waals surface area contributed by atoms with E-state index in [9.17, 15) is 0 Å². The van der Waals surface area contributed by atoms with Gasteiger partial charge in [-0.3, -0.25) is 0 Å². The molecule has 0 amide bonds. The zero-order valence-electron chi connectivity index (χ0n) is 10.3. The molecule has 0 fully saturated rings. The molecule has 1 atom stereocenters. The van der Waals surface area contributed by atoms with Crippen LogP contribution in [-0.2, 0) is 19.4 Å². The summed E-state index contributed by atoms with van der Waals surface area (Å²) in [6, 6.07) is 7.62. The number of fused-ring (bicyclic) bond motifs is 5. The second-order valence-electron chi connectivity index (χ2n) is 5.48. The van der Waals surface area contributed by atoms with Gasteiger partial charge in [0.1, 0.15) is 0 Å². The fraction of sp³-hybridized carbons (Fsp3) is 0.467. The Morgan fingerprint density at radius 3 is 3.18 bits per heavy atom. The average Bonchev–Trinajstić information content (AvgIpc) is 2.91.